The van der Waals surface area contributed by atoms with E-state index in [0.29, 0.717) is 6.42 Å². The van der Waals surface area contributed by atoms with Crippen LogP contribution in [0, 0.1) is 11.8 Å². The average molecular weight is 215 g/mol. The number of carboxylic acid groups (broad SMARTS) is 1. The van der Waals surface area contributed by atoms with Crippen molar-refractivity contribution in [3.8, 4) is 0 Å². The van der Waals surface area contributed by atoms with E-state index in [9.17, 15) is 9.59 Å². The second-order valence-corrected chi connectivity index (χ2v) is 4.14. The first kappa shape index (κ1) is 12.0. The van der Waals surface area contributed by atoms with Gasteiger partial charge in [-0.3, -0.25) is 9.59 Å². The lowest BCUT2D eigenvalue weighted by Gasteiger charge is -2.26. The summed E-state index contributed by atoms with van der Waals surface area (Å²) in [7, 11) is 0. The van der Waals surface area contributed by atoms with Crippen molar-refractivity contribution in [2.75, 3.05) is 13.2 Å². The fourth-order valence-corrected chi connectivity index (χ4v) is 1.68. The van der Waals surface area contributed by atoms with Gasteiger partial charge in [-0.15, -0.1) is 0 Å². The van der Waals surface area contributed by atoms with E-state index in [1.54, 1.807) is 0 Å². The zero-order valence-corrected chi connectivity index (χ0v) is 9.01. The number of aliphatic hydroxyl groups excluding tert-OH is 1. The van der Waals surface area contributed by atoms with E-state index in [1.165, 1.54) is 4.90 Å². The summed E-state index contributed by atoms with van der Waals surface area (Å²) in [5.41, 5.74) is 0. The number of carbonyl (C=O) groups excluding carboxylic acids is 1. The van der Waals surface area contributed by atoms with Gasteiger partial charge in [0.15, 0.2) is 0 Å². The van der Waals surface area contributed by atoms with E-state index < -0.39 is 11.9 Å². The quantitative estimate of drug-likeness (QED) is 0.673. The van der Waals surface area contributed by atoms with Gasteiger partial charge in [-0.1, -0.05) is 0 Å². The molecule has 15 heavy (non-hydrogen) atoms. The summed E-state index contributed by atoms with van der Waals surface area (Å²) in [5.74, 6) is -1.94. The molecular weight excluding hydrogens is 198 g/mol. The smallest absolute Gasteiger partial charge is 0.307 e. The molecule has 0 bridgehead atoms. The summed E-state index contributed by atoms with van der Waals surface area (Å²) in [6.07, 6.45) is 0.433. The van der Waals surface area contributed by atoms with E-state index >= 15 is 0 Å². The van der Waals surface area contributed by atoms with Crippen molar-refractivity contribution in [2.24, 2.45) is 11.8 Å². The number of carbonyl (C=O) groups is 2. The predicted molar refractivity (Wildman–Crippen MR) is 53.2 cm³/mol. The Morgan fingerprint density at radius 3 is 2.33 bits per heavy atom. The first-order valence-electron chi connectivity index (χ1n) is 5.13. The van der Waals surface area contributed by atoms with Crippen LogP contribution in [0.3, 0.4) is 0 Å². The zero-order chi connectivity index (χ0) is 11.6. The predicted octanol–water partition coefficient (Wildman–Crippen LogP) is -0.0636. The summed E-state index contributed by atoms with van der Waals surface area (Å²) >= 11 is 0. The molecule has 1 fully saturated rings. The number of hydrogen-bond donors (Lipinski definition) is 2. The Hall–Kier alpha value is -1.10. The molecule has 5 heteroatoms. The third-order valence-electron chi connectivity index (χ3n) is 2.67. The zero-order valence-electron chi connectivity index (χ0n) is 9.01. The molecule has 1 rings (SSSR count). The van der Waals surface area contributed by atoms with Crippen molar-refractivity contribution in [1.29, 1.82) is 0 Å². The second-order valence-electron chi connectivity index (χ2n) is 4.14. The van der Waals surface area contributed by atoms with Crippen LogP contribution < -0.4 is 0 Å². The minimum atomic E-state index is -0.902. The lowest BCUT2D eigenvalue weighted by molar-refractivity contribution is -0.142. The highest BCUT2D eigenvalue weighted by Gasteiger charge is 2.49. The van der Waals surface area contributed by atoms with Crippen LogP contribution in [0.2, 0.25) is 0 Å². The molecule has 1 aliphatic carbocycles. The molecule has 1 saturated carbocycles. The SMILES string of the molecule is CC(C)N(CCO)C(=O)C1CC1C(=O)O. The molecule has 0 saturated heterocycles. The minimum Gasteiger partial charge on any atom is -0.481 e. The molecule has 0 aliphatic heterocycles. The first-order valence-corrected chi connectivity index (χ1v) is 5.13. The van der Waals surface area contributed by atoms with Crippen LogP contribution in [0.5, 0.6) is 0 Å². The van der Waals surface area contributed by atoms with Crippen LogP contribution >= 0.6 is 0 Å². The fourth-order valence-electron chi connectivity index (χ4n) is 1.68. The third-order valence-corrected chi connectivity index (χ3v) is 2.67. The van der Waals surface area contributed by atoms with Gasteiger partial charge in [0.2, 0.25) is 5.91 Å². The van der Waals surface area contributed by atoms with E-state index in [2.05, 4.69) is 0 Å². The Bertz CT molecular complexity index is 264. The highest BCUT2D eigenvalue weighted by atomic mass is 16.4. The highest BCUT2D eigenvalue weighted by Crippen LogP contribution is 2.40. The van der Waals surface area contributed by atoms with Crippen LogP contribution in [-0.4, -0.2) is 46.2 Å². The molecule has 86 valence electrons. The summed E-state index contributed by atoms with van der Waals surface area (Å²) < 4.78 is 0. The number of aliphatic carboxylic acids is 1. The van der Waals surface area contributed by atoms with Gasteiger partial charge >= 0.3 is 5.97 Å². The highest BCUT2D eigenvalue weighted by molar-refractivity contribution is 5.89. The molecule has 2 unspecified atom stereocenters. The number of nitrogens with zero attached hydrogens (tertiary/aromatic N) is 1. The normalized spacial score (nSPS) is 24.0. The number of aliphatic hydroxyl groups is 1. The van der Waals surface area contributed by atoms with Gasteiger partial charge in [-0.05, 0) is 20.3 Å². The number of rotatable bonds is 5. The third kappa shape index (κ3) is 2.68. The molecule has 0 radical (unpaired) electrons. The molecule has 0 heterocycles. The van der Waals surface area contributed by atoms with Gasteiger partial charge in [0, 0.05) is 12.6 Å². The topological polar surface area (TPSA) is 77.8 Å². The molecule has 0 aromatic heterocycles. The van der Waals surface area contributed by atoms with E-state index in [4.69, 9.17) is 10.2 Å². The largest absolute Gasteiger partial charge is 0.481 e. The lowest BCUT2D eigenvalue weighted by atomic mass is 10.2. The molecule has 0 aromatic rings. The van der Waals surface area contributed by atoms with Gasteiger partial charge in [0.1, 0.15) is 0 Å². The lowest BCUT2D eigenvalue weighted by Crippen LogP contribution is -2.40. The average Bonchev–Trinajstić information content (AvgIpc) is 2.91. The minimum absolute atomic E-state index is 0.000283. The maximum absolute atomic E-state index is 11.8. The van der Waals surface area contributed by atoms with E-state index in [0.717, 1.165) is 0 Å². The van der Waals surface area contributed by atoms with Gasteiger partial charge in [-0.25, -0.2) is 0 Å². The number of amides is 1. The van der Waals surface area contributed by atoms with Crippen LogP contribution in [0.1, 0.15) is 20.3 Å². The van der Waals surface area contributed by atoms with Crippen LogP contribution in [0.25, 0.3) is 0 Å². The van der Waals surface area contributed by atoms with Gasteiger partial charge in [-0.2, -0.15) is 0 Å². The van der Waals surface area contributed by atoms with Crippen LogP contribution in [0.15, 0.2) is 0 Å². The van der Waals surface area contributed by atoms with Crippen molar-refractivity contribution in [3.05, 3.63) is 0 Å². The Morgan fingerprint density at radius 2 is 2.00 bits per heavy atom. The molecule has 1 aliphatic rings. The van der Waals surface area contributed by atoms with Crippen molar-refractivity contribution >= 4 is 11.9 Å². The molecule has 5 nitrogen and oxygen atoms in total. The molecule has 2 atom stereocenters. The first-order chi connectivity index (χ1) is 6.99. The number of hydrogen-bond acceptors (Lipinski definition) is 3. The maximum Gasteiger partial charge on any atom is 0.307 e. The molecular formula is C10H17NO4. The summed E-state index contributed by atoms with van der Waals surface area (Å²) in [6, 6.07) is -0.000283. The van der Waals surface area contributed by atoms with Crippen molar-refractivity contribution in [1.82, 2.24) is 4.90 Å². The van der Waals surface area contributed by atoms with Crippen LogP contribution in [0.4, 0.5) is 0 Å². The summed E-state index contributed by atoms with van der Waals surface area (Å²) in [4.78, 5) is 23.9. The maximum atomic E-state index is 11.8. The molecule has 0 aromatic carbocycles. The van der Waals surface area contributed by atoms with E-state index in [-0.39, 0.29) is 31.0 Å². The Kier molecular flexibility index (Phi) is 3.68. The molecule has 2 N–H and O–H groups in total. The van der Waals surface area contributed by atoms with Crippen LogP contribution in [-0.2, 0) is 9.59 Å². The van der Waals surface area contributed by atoms with Gasteiger partial charge in [0.05, 0.1) is 18.4 Å². The number of carboxylic acids is 1. The molecule has 1 amide bonds. The standard InChI is InChI=1S/C10H17NO4/c1-6(2)11(3-4-12)9(13)7-5-8(7)10(14)15/h6-8,12H,3-5H2,1-2H3,(H,14,15). The monoisotopic (exact) mass is 215 g/mol. The Morgan fingerprint density at radius 1 is 1.40 bits per heavy atom. The fraction of sp³-hybridized carbons (Fsp3) is 0.800. The second kappa shape index (κ2) is 4.61. The summed E-state index contributed by atoms with van der Waals surface area (Å²) in [6.45, 7) is 3.89. The van der Waals surface area contributed by atoms with Crippen molar-refractivity contribution < 1.29 is 19.8 Å². The summed E-state index contributed by atoms with van der Waals surface area (Å²) in [5, 5.41) is 17.5. The van der Waals surface area contributed by atoms with Crippen molar-refractivity contribution in [2.45, 2.75) is 26.3 Å². The van der Waals surface area contributed by atoms with Crippen molar-refractivity contribution in [3.63, 3.8) is 0 Å². The van der Waals surface area contributed by atoms with Gasteiger partial charge in [0.25, 0.3) is 0 Å². The van der Waals surface area contributed by atoms with E-state index in [1.807, 2.05) is 13.8 Å². The Labute approximate surface area is 88.7 Å². The Balaban J connectivity index is 2.55. The molecule has 0 spiro atoms. The van der Waals surface area contributed by atoms with Gasteiger partial charge < -0.3 is 15.1 Å².